The van der Waals surface area contributed by atoms with Crippen LogP contribution in [-0.4, -0.2) is 36.6 Å². The van der Waals surface area contributed by atoms with Crippen molar-refractivity contribution in [3.05, 3.63) is 111 Å². The number of hydrogen-bond acceptors (Lipinski definition) is 6. The van der Waals surface area contributed by atoms with Crippen LogP contribution in [0.3, 0.4) is 0 Å². The molecule has 3 fully saturated rings. The van der Waals surface area contributed by atoms with Gasteiger partial charge in [0.15, 0.2) is 0 Å². The number of nitriles is 1. The molecule has 0 radical (unpaired) electrons. The van der Waals surface area contributed by atoms with E-state index in [1.54, 1.807) is 0 Å². The highest BCUT2D eigenvalue weighted by Crippen LogP contribution is 2.46. The van der Waals surface area contributed by atoms with Crippen LogP contribution in [0.5, 0.6) is 17.2 Å². The number of rotatable bonds is 16. The number of fused-ring (bicyclic) bond motifs is 2. The van der Waals surface area contributed by atoms with Gasteiger partial charge in [-0.2, -0.15) is 5.26 Å². The molecule has 3 aromatic rings. The monoisotopic (exact) mass is 838 g/mol. The van der Waals surface area contributed by atoms with Crippen LogP contribution in [0.15, 0.2) is 84.0 Å². The Morgan fingerprint density at radius 2 is 1.73 bits per heavy atom. The number of halogens is 3. The van der Waals surface area contributed by atoms with E-state index in [0.717, 1.165) is 111 Å². The van der Waals surface area contributed by atoms with Crippen molar-refractivity contribution in [2.24, 2.45) is 17.8 Å². The molecule has 0 aromatic heterocycles. The van der Waals surface area contributed by atoms with E-state index in [1.807, 2.05) is 30.3 Å². The molecule has 3 aromatic carbocycles. The second-order valence-electron chi connectivity index (χ2n) is 17.3. The molecule has 0 spiro atoms. The van der Waals surface area contributed by atoms with Crippen LogP contribution in [0.4, 0.5) is 4.39 Å². The van der Waals surface area contributed by atoms with E-state index in [0.29, 0.717) is 63.8 Å². The molecule has 3 saturated carbocycles. The van der Waals surface area contributed by atoms with Crippen molar-refractivity contribution in [1.29, 1.82) is 5.26 Å². The number of hydrogen-bond donors (Lipinski definition) is 2. The fraction of sp³-hybridized carbons (Fsp3) is 0.500. The maximum absolute atomic E-state index is 13.7. The summed E-state index contributed by atoms with van der Waals surface area (Å²) in [6.07, 6.45) is 21.6. The van der Waals surface area contributed by atoms with Crippen molar-refractivity contribution in [3.8, 4) is 34.4 Å². The Kier molecular flexibility index (Phi) is 14.0. The lowest BCUT2D eigenvalue weighted by molar-refractivity contribution is 0.148. The topological polar surface area (TPSA) is 83.7 Å². The SMILES string of the molecule is N#CC1=C/C2CC2\C=C/C(COc2cc(O[C@H]3CCc4c(-c5cccc(OCCCCCC6CCCC(F)CC6)c5Cl)cccc43)c(Cl)cc2CN[C@H]2CCC[C@@H]2O)=C\1. The van der Waals surface area contributed by atoms with Gasteiger partial charge in [-0.3, -0.25) is 0 Å². The summed E-state index contributed by atoms with van der Waals surface area (Å²) < 4.78 is 33.3. The summed E-state index contributed by atoms with van der Waals surface area (Å²) in [6, 6.07) is 18.5. The second-order valence-corrected chi connectivity index (χ2v) is 18.1. The summed E-state index contributed by atoms with van der Waals surface area (Å²) >= 11 is 14.1. The van der Waals surface area contributed by atoms with Crippen LogP contribution < -0.4 is 19.5 Å². The Morgan fingerprint density at radius 1 is 0.864 bits per heavy atom. The van der Waals surface area contributed by atoms with Gasteiger partial charge in [0.2, 0.25) is 0 Å². The smallest absolute Gasteiger partial charge is 0.142 e. The van der Waals surface area contributed by atoms with Crippen molar-refractivity contribution in [2.75, 3.05) is 13.2 Å². The highest BCUT2D eigenvalue weighted by molar-refractivity contribution is 6.35. The first-order valence-electron chi connectivity index (χ1n) is 22.0. The maximum atomic E-state index is 13.7. The molecule has 4 unspecified atom stereocenters. The molecule has 59 heavy (non-hydrogen) atoms. The van der Waals surface area contributed by atoms with Gasteiger partial charge in [-0.25, -0.2) is 4.39 Å². The third-order valence-electron chi connectivity index (χ3n) is 13.1. The van der Waals surface area contributed by atoms with Crippen LogP contribution in [0, 0.1) is 29.1 Å². The lowest BCUT2D eigenvalue weighted by Gasteiger charge is -2.21. The van der Waals surface area contributed by atoms with Crippen molar-refractivity contribution in [2.45, 2.75) is 127 Å². The molecule has 0 amide bonds. The molecule has 5 aliphatic rings. The fourth-order valence-corrected chi connectivity index (χ4v) is 10.1. The highest BCUT2D eigenvalue weighted by atomic mass is 35.5. The molecular weight excluding hydrogens is 782 g/mol. The van der Waals surface area contributed by atoms with Gasteiger partial charge in [0, 0.05) is 35.4 Å². The molecule has 0 heterocycles. The number of aliphatic hydroxyl groups excluding tert-OH is 1. The van der Waals surface area contributed by atoms with Crippen LogP contribution in [-0.2, 0) is 13.0 Å². The first-order valence-corrected chi connectivity index (χ1v) is 22.8. The Morgan fingerprint density at radius 3 is 2.59 bits per heavy atom. The van der Waals surface area contributed by atoms with Gasteiger partial charge >= 0.3 is 0 Å². The van der Waals surface area contributed by atoms with E-state index >= 15 is 0 Å². The molecule has 6 nitrogen and oxygen atoms in total. The summed E-state index contributed by atoms with van der Waals surface area (Å²) in [4.78, 5) is 0. The van der Waals surface area contributed by atoms with Gasteiger partial charge in [-0.05, 0) is 122 Å². The maximum Gasteiger partial charge on any atom is 0.142 e. The normalized spacial score (nSPS) is 28.4. The van der Waals surface area contributed by atoms with Crippen LogP contribution >= 0.6 is 23.2 Å². The molecule has 0 bridgehead atoms. The first kappa shape index (κ1) is 41.9. The zero-order chi connectivity index (χ0) is 40.7. The Bertz CT molecular complexity index is 2090. The highest BCUT2D eigenvalue weighted by Gasteiger charge is 2.34. The Balaban J connectivity index is 0.942. The molecule has 5 aliphatic carbocycles. The predicted octanol–water partition coefficient (Wildman–Crippen LogP) is 12.5. The predicted molar refractivity (Wildman–Crippen MR) is 234 cm³/mol. The Labute approximate surface area is 359 Å². The molecular formula is C50H57Cl2FN2O4. The minimum absolute atomic E-state index is 0.0218. The number of alkyl halides is 1. The fourth-order valence-electron chi connectivity index (χ4n) is 9.59. The van der Waals surface area contributed by atoms with E-state index in [-0.39, 0.29) is 24.9 Å². The van der Waals surface area contributed by atoms with E-state index in [2.05, 4.69) is 53.9 Å². The largest absolute Gasteiger partial charge is 0.492 e. The summed E-state index contributed by atoms with van der Waals surface area (Å²) in [5, 5.41) is 24.9. The third kappa shape index (κ3) is 10.6. The van der Waals surface area contributed by atoms with Crippen LogP contribution in [0.1, 0.15) is 113 Å². The van der Waals surface area contributed by atoms with E-state index < -0.39 is 6.17 Å². The molecule has 7 atom stereocenters. The minimum Gasteiger partial charge on any atom is -0.492 e. The summed E-state index contributed by atoms with van der Waals surface area (Å²) in [6.45, 7) is 1.39. The van der Waals surface area contributed by atoms with Crippen LogP contribution in [0.2, 0.25) is 10.0 Å². The summed E-state index contributed by atoms with van der Waals surface area (Å²) in [5.41, 5.74) is 6.83. The molecule has 9 heteroatoms. The van der Waals surface area contributed by atoms with E-state index in [1.165, 1.54) is 18.4 Å². The average molecular weight is 840 g/mol. The zero-order valence-corrected chi connectivity index (χ0v) is 35.5. The number of nitrogens with one attached hydrogen (secondary N) is 1. The number of aliphatic hydroxyl groups is 1. The molecule has 2 N–H and O–H groups in total. The van der Waals surface area contributed by atoms with Crippen molar-refractivity contribution in [3.63, 3.8) is 0 Å². The standard InChI is InChI=1S/C50H57Cl2FN2O4/c51-43-27-37(30-55-44-14-7-15-45(44)56)48(58-31-33-17-19-35-26-36(35)25-34(24-33)29-54)28-49(43)59-46-22-21-40-39(11-5-12-41(40)46)42-13-6-16-47(50(42)52)57-23-3-1-2-8-32-9-4-10-38(53)20-18-32/h5-6,11-13,16-17,19,24-25,27-28,32,35-36,38,44-46,55-56H,1-4,7-10,14-15,18,20-23,26,30-31H2/b19-17-,33-24+,34-25+/t32?,35?,36?,38?,44-,45-,46-/m0/s1. The van der Waals surface area contributed by atoms with Gasteiger partial charge in [-0.1, -0.05) is 104 Å². The number of ether oxygens (including phenoxy) is 3. The second kappa shape index (κ2) is 19.7. The summed E-state index contributed by atoms with van der Waals surface area (Å²) in [5.74, 6) is 3.50. The lowest BCUT2D eigenvalue weighted by Crippen LogP contribution is -2.35. The van der Waals surface area contributed by atoms with Gasteiger partial charge in [0.25, 0.3) is 0 Å². The number of benzene rings is 3. The number of unbranched alkanes of at least 4 members (excludes halogenated alkanes) is 2. The zero-order valence-electron chi connectivity index (χ0n) is 34.0. The molecule has 0 saturated heterocycles. The van der Waals surface area contributed by atoms with Crippen LogP contribution in [0.25, 0.3) is 11.1 Å². The van der Waals surface area contributed by atoms with Gasteiger partial charge in [-0.15, -0.1) is 0 Å². The van der Waals surface area contributed by atoms with E-state index in [4.69, 9.17) is 37.4 Å². The first-order chi connectivity index (χ1) is 28.8. The van der Waals surface area contributed by atoms with Gasteiger partial charge in [0.1, 0.15) is 36.1 Å². The number of nitrogens with zero attached hydrogens (tertiary/aromatic N) is 1. The van der Waals surface area contributed by atoms with Gasteiger partial charge in [0.05, 0.1) is 28.8 Å². The average Bonchev–Trinajstić information content (AvgIpc) is 3.70. The van der Waals surface area contributed by atoms with E-state index in [9.17, 15) is 14.8 Å². The quantitative estimate of drug-likeness (QED) is 0.110. The summed E-state index contributed by atoms with van der Waals surface area (Å²) in [7, 11) is 0. The Hall–Kier alpha value is -3.80. The molecule has 8 rings (SSSR count). The van der Waals surface area contributed by atoms with Crippen molar-refractivity contribution >= 4 is 23.2 Å². The molecule has 312 valence electrons. The lowest BCUT2D eigenvalue weighted by atomic mass is 9.94. The van der Waals surface area contributed by atoms with Gasteiger partial charge < -0.3 is 24.6 Å². The van der Waals surface area contributed by atoms with Crippen molar-refractivity contribution < 1.29 is 23.7 Å². The van der Waals surface area contributed by atoms with Crippen molar-refractivity contribution in [1.82, 2.24) is 5.32 Å². The number of allylic oxidation sites excluding steroid dienone is 4. The molecule has 0 aliphatic heterocycles. The minimum atomic E-state index is -0.601. The third-order valence-corrected chi connectivity index (χ3v) is 13.8.